The molecular formula is C38H20N4S. The van der Waals surface area contributed by atoms with Crippen LogP contribution in [0.4, 0.5) is 0 Å². The Morgan fingerprint density at radius 1 is 0.465 bits per heavy atom. The van der Waals surface area contributed by atoms with Gasteiger partial charge in [-0.25, -0.2) is 0 Å². The highest BCUT2D eigenvalue weighted by atomic mass is 32.1. The Kier molecular flexibility index (Phi) is 4.87. The van der Waals surface area contributed by atoms with Crippen molar-refractivity contribution in [3.8, 4) is 23.5 Å². The van der Waals surface area contributed by atoms with Crippen LogP contribution in [0.3, 0.4) is 0 Å². The fourth-order valence-corrected chi connectivity index (χ4v) is 7.99. The third-order valence-electron chi connectivity index (χ3n) is 8.59. The SMILES string of the molecule is N#Cc1cccc2c1c1ccccc1n2-c1ccc2sc3cccc(-n4c5ccccc5c5c(C#N)cccc54)c3c2c1. The van der Waals surface area contributed by atoms with Crippen LogP contribution in [0.1, 0.15) is 11.1 Å². The van der Waals surface area contributed by atoms with Gasteiger partial charge >= 0.3 is 0 Å². The monoisotopic (exact) mass is 564 g/mol. The van der Waals surface area contributed by atoms with Crippen LogP contribution in [0.2, 0.25) is 0 Å². The van der Waals surface area contributed by atoms with Gasteiger partial charge in [-0.1, -0.05) is 54.6 Å². The largest absolute Gasteiger partial charge is 0.309 e. The molecule has 0 radical (unpaired) electrons. The average molecular weight is 565 g/mol. The van der Waals surface area contributed by atoms with Crippen molar-refractivity contribution < 1.29 is 0 Å². The Bertz CT molecular complexity index is 2710. The van der Waals surface area contributed by atoms with E-state index in [-0.39, 0.29) is 0 Å². The van der Waals surface area contributed by atoms with Crippen LogP contribution in [0.25, 0.3) is 75.2 Å². The van der Waals surface area contributed by atoms with Gasteiger partial charge in [-0.3, -0.25) is 0 Å². The Balaban J connectivity index is 1.40. The smallest absolute Gasteiger partial charge is 0.0998 e. The van der Waals surface area contributed by atoms with Gasteiger partial charge in [0.15, 0.2) is 0 Å². The summed E-state index contributed by atoms with van der Waals surface area (Å²) >= 11 is 1.79. The fourth-order valence-electron chi connectivity index (χ4n) is 6.88. The minimum absolute atomic E-state index is 0.680. The molecule has 0 saturated carbocycles. The quantitative estimate of drug-likeness (QED) is 0.210. The van der Waals surface area contributed by atoms with E-state index in [2.05, 4.69) is 106 Å². The van der Waals surface area contributed by atoms with Crippen LogP contribution in [0.5, 0.6) is 0 Å². The van der Waals surface area contributed by atoms with E-state index in [0.717, 1.165) is 55.0 Å². The number of nitriles is 2. The molecule has 0 aliphatic heterocycles. The summed E-state index contributed by atoms with van der Waals surface area (Å²) < 4.78 is 7.01. The van der Waals surface area contributed by atoms with Crippen LogP contribution in [-0.4, -0.2) is 9.13 Å². The molecule has 0 spiro atoms. The first-order chi connectivity index (χ1) is 21.3. The van der Waals surface area contributed by atoms with Crippen molar-refractivity contribution >= 4 is 75.1 Å². The summed E-state index contributed by atoms with van der Waals surface area (Å²) in [6.45, 7) is 0. The van der Waals surface area contributed by atoms with Gasteiger partial charge in [0.2, 0.25) is 0 Å². The maximum atomic E-state index is 9.98. The molecule has 0 amide bonds. The van der Waals surface area contributed by atoms with E-state index >= 15 is 0 Å². The Labute approximate surface area is 250 Å². The van der Waals surface area contributed by atoms with E-state index in [1.807, 2.05) is 36.4 Å². The van der Waals surface area contributed by atoms with E-state index in [9.17, 15) is 10.5 Å². The van der Waals surface area contributed by atoms with Crippen molar-refractivity contribution in [1.29, 1.82) is 10.5 Å². The molecule has 0 N–H and O–H groups in total. The zero-order valence-electron chi connectivity index (χ0n) is 22.7. The van der Waals surface area contributed by atoms with Crippen LogP contribution < -0.4 is 0 Å². The summed E-state index contributed by atoms with van der Waals surface area (Å²) in [6.07, 6.45) is 0. The van der Waals surface area contributed by atoms with E-state index < -0.39 is 0 Å². The number of rotatable bonds is 2. The van der Waals surface area contributed by atoms with Gasteiger partial charge < -0.3 is 9.13 Å². The highest BCUT2D eigenvalue weighted by molar-refractivity contribution is 7.25. The molecule has 3 heterocycles. The van der Waals surface area contributed by atoms with Gasteiger partial charge in [0.25, 0.3) is 0 Å². The van der Waals surface area contributed by atoms with Crippen molar-refractivity contribution in [2.75, 3.05) is 0 Å². The highest BCUT2D eigenvalue weighted by Gasteiger charge is 2.20. The zero-order chi connectivity index (χ0) is 28.7. The first kappa shape index (κ1) is 23.8. The zero-order valence-corrected chi connectivity index (χ0v) is 23.6. The van der Waals surface area contributed by atoms with Crippen molar-refractivity contribution in [2.24, 2.45) is 0 Å². The molecule has 4 nitrogen and oxygen atoms in total. The summed E-state index contributed by atoms with van der Waals surface area (Å²) in [4.78, 5) is 0. The second-order valence-electron chi connectivity index (χ2n) is 10.8. The Morgan fingerprint density at radius 3 is 1.72 bits per heavy atom. The molecule has 0 aliphatic rings. The van der Waals surface area contributed by atoms with E-state index in [1.54, 1.807) is 11.3 Å². The summed E-state index contributed by atoms with van der Waals surface area (Å²) in [7, 11) is 0. The predicted octanol–water partition coefficient (Wildman–Crippen LogP) is 9.99. The number of hydrogen-bond acceptors (Lipinski definition) is 3. The number of para-hydroxylation sites is 2. The molecule has 5 heteroatoms. The van der Waals surface area contributed by atoms with E-state index in [0.29, 0.717) is 11.1 Å². The third kappa shape index (κ3) is 3.17. The standard InChI is InChI=1S/C38H20N4S/c39-21-23-8-5-14-31-36(23)26-10-1-3-12-29(26)41(31)25-18-19-34-28(20-25)38-33(16-7-17-35(38)43-34)42-30-13-4-2-11-27(30)37-24(22-40)9-6-15-32(37)42/h1-20H. The Hall–Kier alpha value is -5.88. The van der Waals surface area contributed by atoms with Crippen LogP contribution in [0, 0.1) is 22.7 Å². The number of aromatic nitrogens is 2. The number of fused-ring (bicyclic) bond motifs is 9. The van der Waals surface area contributed by atoms with Crippen LogP contribution >= 0.6 is 11.3 Å². The first-order valence-corrected chi connectivity index (χ1v) is 14.9. The molecule has 6 aromatic carbocycles. The molecule has 0 saturated heterocycles. The molecule has 0 atom stereocenters. The van der Waals surface area contributed by atoms with Crippen LogP contribution in [-0.2, 0) is 0 Å². The molecule has 0 bridgehead atoms. The lowest BCUT2D eigenvalue weighted by atomic mass is 10.1. The van der Waals surface area contributed by atoms with Gasteiger partial charge in [-0.15, -0.1) is 11.3 Å². The summed E-state index contributed by atoms with van der Waals surface area (Å²) in [5.41, 5.74) is 7.70. The lowest BCUT2D eigenvalue weighted by molar-refractivity contribution is 1.18. The van der Waals surface area contributed by atoms with Crippen molar-refractivity contribution in [2.45, 2.75) is 0 Å². The summed E-state index contributed by atoms with van der Waals surface area (Å²) in [6, 6.07) is 46.6. The second-order valence-corrected chi connectivity index (χ2v) is 11.8. The molecular weight excluding hydrogens is 545 g/mol. The lowest BCUT2D eigenvalue weighted by Crippen LogP contribution is -1.95. The van der Waals surface area contributed by atoms with Gasteiger partial charge in [0, 0.05) is 47.4 Å². The minimum Gasteiger partial charge on any atom is -0.309 e. The maximum Gasteiger partial charge on any atom is 0.0998 e. The molecule has 0 aliphatic carbocycles. The van der Waals surface area contributed by atoms with E-state index in [4.69, 9.17) is 0 Å². The number of hydrogen-bond donors (Lipinski definition) is 0. The van der Waals surface area contributed by atoms with Crippen molar-refractivity contribution in [3.63, 3.8) is 0 Å². The predicted molar refractivity (Wildman–Crippen MR) is 177 cm³/mol. The molecule has 198 valence electrons. The van der Waals surface area contributed by atoms with E-state index in [1.165, 1.54) is 20.2 Å². The first-order valence-electron chi connectivity index (χ1n) is 14.1. The fraction of sp³-hybridized carbons (Fsp3) is 0. The molecule has 9 rings (SSSR count). The molecule has 0 fully saturated rings. The summed E-state index contributed by atoms with van der Waals surface area (Å²) in [5, 5.41) is 26.4. The van der Waals surface area contributed by atoms with Gasteiger partial charge in [-0.05, 0) is 66.7 Å². The van der Waals surface area contributed by atoms with Crippen molar-refractivity contribution in [3.05, 3.63) is 132 Å². The minimum atomic E-state index is 0.680. The molecule has 9 aromatic rings. The maximum absolute atomic E-state index is 9.98. The second kappa shape index (κ2) is 8.81. The number of benzene rings is 6. The van der Waals surface area contributed by atoms with Crippen molar-refractivity contribution in [1.82, 2.24) is 9.13 Å². The average Bonchev–Trinajstić information content (AvgIpc) is 3.72. The molecule has 0 unspecified atom stereocenters. The van der Waals surface area contributed by atoms with Gasteiger partial charge in [-0.2, -0.15) is 10.5 Å². The van der Waals surface area contributed by atoms with Crippen LogP contribution in [0.15, 0.2) is 121 Å². The lowest BCUT2D eigenvalue weighted by Gasteiger charge is -2.11. The van der Waals surface area contributed by atoms with Gasteiger partial charge in [0.1, 0.15) is 0 Å². The highest BCUT2D eigenvalue weighted by Crippen LogP contribution is 2.43. The Morgan fingerprint density at radius 2 is 1.05 bits per heavy atom. The number of thiophene rings is 1. The molecule has 43 heavy (non-hydrogen) atoms. The number of nitrogens with zero attached hydrogens (tertiary/aromatic N) is 4. The topological polar surface area (TPSA) is 57.4 Å². The van der Waals surface area contributed by atoms with Gasteiger partial charge in [0.05, 0.1) is 51.0 Å². The molecule has 3 aromatic heterocycles. The normalized spacial score (nSPS) is 11.7. The summed E-state index contributed by atoms with van der Waals surface area (Å²) in [5.74, 6) is 0. The third-order valence-corrected chi connectivity index (χ3v) is 9.73.